The van der Waals surface area contributed by atoms with E-state index in [1.54, 1.807) is 0 Å². The molecular formula is C13H16ClNO2S. The molecule has 0 bridgehead atoms. The third-order valence-electron chi connectivity index (χ3n) is 3.50. The highest BCUT2D eigenvalue weighted by Gasteiger charge is 2.41. The zero-order chi connectivity index (χ0) is 13.4. The van der Waals surface area contributed by atoms with Crippen molar-refractivity contribution >= 4 is 21.4 Å². The molecular weight excluding hydrogens is 270 g/mol. The second kappa shape index (κ2) is 4.59. The largest absolute Gasteiger partial charge is 0.401 e. The summed E-state index contributed by atoms with van der Waals surface area (Å²) in [5.41, 5.74) is 7.16. The van der Waals surface area contributed by atoms with Gasteiger partial charge < -0.3 is 5.73 Å². The number of nitrogens with two attached hydrogens (primary N) is 1. The fraction of sp³-hybridized carbons (Fsp3) is 0.385. The van der Waals surface area contributed by atoms with Gasteiger partial charge in [-0.1, -0.05) is 30.2 Å². The summed E-state index contributed by atoms with van der Waals surface area (Å²) in [5, 5.41) is 1.85. The molecule has 1 fully saturated rings. The Morgan fingerprint density at radius 3 is 2.28 bits per heavy atom. The number of hydrogen-bond donors (Lipinski definition) is 1. The Morgan fingerprint density at radius 1 is 1.33 bits per heavy atom. The van der Waals surface area contributed by atoms with Gasteiger partial charge in [0.05, 0.1) is 5.41 Å². The normalized spacial score (nSPS) is 19.3. The lowest BCUT2D eigenvalue weighted by molar-refractivity contribution is 0.292. The summed E-state index contributed by atoms with van der Waals surface area (Å²) >= 11 is 5.87. The SMILES string of the molecule is CS(=O)(=O)/C=C(\N)C1(c2ccc(Cl)cc2)CCC1. The molecule has 0 atom stereocenters. The highest BCUT2D eigenvalue weighted by molar-refractivity contribution is 7.93. The van der Waals surface area contributed by atoms with Crippen LogP contribution in [-0.4, -0.2) is 14.7 Å². The molecule has 1 aromatic rings. The monoisotopic (exact) mass is 285 g/mol. The van der Waals surface area contributed by atoms with Gasteiger partial charge in [0.2, 0.25) is 0 Å². The topological polar surface area (TPSA) is 60.2 Å². The lowest BCUT2D eigenvalue weighted by Crippen LogP contribution is -2.40. The predicted octanol–water partition coefficient (Wildman–Crippen LogP) is 2.61. The van der Waals surface area contributed by atoms with E-state index in [1.165, 1.54) is 5.41 Å². The molecule has 0 spiro atoms. The Labute approximate surface area is 113 Å². The van der Waals surface area contributed by atoms with Gasteiger partial charge >= 0.3 is 0 Å². The predicted molar refractivity (Wildman–Crippen MR) is 74.1 cm³/mol. The van der Waals surface area contributed by atoms with Crippen molar-refractivity contribution in [3.05, 3.63) is 46.0 Å². The minimum Gasteiger partial charge on any atom is -0.401 e. The van der Waals surface area contributed by atoms with Crippen molar-refractivity contribution < 1.29 is 8.42 Å². The Balaban J connectivity index is 2.43. The summed E-state index contributed by atoms with van der Waals surface area (Å²) in [6.07, 6.45) is 3.98. The van der Waals surface area contributed by atoms with Crippen molar-refractivity contribution in [2.45, 2.75) is 24.7 Å². The first-order valence-corrected chi connectivity index (χ1v) is 8.10. The molecule has 0 saturated heterocycles. The first-order chi connectivity index (χ1) is 8.33. The Kier molecular flexibility index (Phi) is 3.43. The van der Waals surface area contributed by atoms with Crippen LogP contribution in [0.25, 0.3) is 0 Å². The van der Waals surface area contributed by atoms with Gasteiger partial charge in [0.15, 0.2) is 9.84 Å². The van der Waals surface area contributed by atoms with Crippen molar-refractivity contribution in [2.75, 3.05) is 6.26 Å². The van der Waals surface area contributed by atoms with Gasteiger partial charge in [-0.15, -0.1) is 0 Å². The highest BCUT2D eigenvalue weighted by Crippen LogP contribution is 2.47. The third kappa shape index (κ3) is 2.54. The summed E-state index contributed by atoms with van der Waals surface area (Å²) in [7, 11) is -3.21. The van der Waals surface area contributed by atoms with Gasteiger partial charge in [0.1, 0.15) is 0 Å². The van der Waals surface area contributed by atoms with E-state index in [4.69, 9.17) is 17.3 Å². The van der Waals surface area contributed by atoms with Crippen molar-refractivity contribution in [1.82, 2.24) is 0 Å². The number of allylic oxidation sites excluding steroid dienone is 1. The van der Waals surface area contributed by atoms with Crippen LogP contribution in [0.2, 0.25) is 5.02 Å². The average molecular weight is 286 g/mol. The molecule has 0 unspecified atom stereocenters. The van der Waals surface area contributed by atoms with Gasteiger partial charge in [-0.05, 0) is 30.5 Å². The second-order valence-corrected chi connectivity index (χ2v) is 7.18. The van der Waals surface area contributed by atoms with Crippen LogP contribution in [0.4, 0.5) is 0 Å². The van der Waals surface area contributed by atoms with Crippen molar-refractivity contribution in [1.29, 1.82) is 0 Å². The quantitative estimate of drug-likeness (QED) is 0.929. The first kappa shape index (κ1) is 13.4. The molecule has 18 heavy (non-hydrogen) atoms. The highest BCUT2D eigenvalue weighted by atomic mass is 35.5. The number of benzene rings is 1. The fourth-order valence-corrected chi connectivity index (χ4v) is 3.20. The van der Waals surface area contributed by atoms with Crippen molar-refractivity contribution in [3.8, 4) is 0 Å². The van der Waals surface area contributed by atoms with E-state index < -0.39 is 9.84 Å². The van der Waals surface area contributed by atoms with Crippen LogP contribution in [0.5, 0.6) is 0 Å². The van der Waals surface area contributed by atoms with E-state index in [9.17, 15) is 8.42 Å². The number of halogens is 1. The van der Waals surface area contributed by atoms with Gasteiger partial charge in [0, 0.05) is 22.4 Å². The maximum absolute atomic E-state index is 11.3. The standard InChI is InChI=1S/C13H16ClNO2S/c1-18(16,17)9-12(15)13(7-2-8-13)10-3-5-11(14)6-4-10/h3-6,9H,2,7-8,15H2,1H3/b12-9-. The molecule has 0 aliphatic heterocycles. The Hall–Kier alpha value is -1.00. The summed E-state index contributed by atoms with van der Waals surface area (Å²) in [6.45, 7) is 0. The summed E-state index contributed by atoms with van der Waals surface area (Å²) < 4.78 is 22.7. The zero-order valence-electron chi connectivity index (χ0n) is 10.2. The van der Waals surface area contributed by atoms with Gasteiger partial charge in [-0.25, -0.2) is 8.42 Å². The molecule has 2 N–H and O–H groups in total. The van der Waals surface area contributed by atoms with E-state index in [2.05, 4.69) is 0 Å². The van der Waals surface area contributed by atoms with Crippen LogP contribution < -0.4 is 5.73 Å². The molecule has 0 amide bonds. The molecule has 2 rings (SSSR count). The molecule has 3 nitrogen and oxygen atoms in total. The summed E-state index contributed by atoms with van der Waals surface area (Å²) in [4.78, 5) is 0. The lowest BCUT2D eigenvalue weighted by atomic mass is 9.63. The zero-order valence-corrected chi connectivity index (χ0v) is 11.8. The Bertz CT molecular complexity index is 572. The first-order valence-electron chi connectivity index (χ1n) is 5.77. The van der Waals surface area contributed by atoms with Gasteiger partial charge in [-0.2, -0.15) is 0 Å². The van der Waals surface area contributed by atoms with Crippen LogP contribution >= 0.6 is 11.6 Å². The second-order valence-electron chi connectivity index (χ2n) is 4.85. The molecule has 1 aliphatic rings. The third-order valence-corrected chi connectivity index (χ3v) is 4.43. The molecule has 1 aromatic carbocycles. The number of rotatable bonds is 3. The molecule has 5 heteroatoms. The minimum atomic E-state index is -3.21. The molecule has 98 valence electrons. The van der Waals surface area contributed by atoms with Gasteiger partial charge in [-0.3, -0.25) is 0 Å². The number of sulfone groups is 1. The molecule has 1 aliphatic carbocycles. The van der Waals surface area contributed by atoms with Crippen LogP contribution in [0.3, 0.4) is 0 Å². The maximum Gasteiger partial charge on any atom is 0.170 e. The smallest absolute Gasteiger partial charge is 0.170 e. The minimum absolute atomic E-state index is 0.326. The summed E-state index contributed by atoms with van der Waals surface area (Å²) in [6, 6.07) is 7.46. The van der Waals surface area contributed by atoms with Crippen LogP contribution in [-0.2, 0) is 15.3 Å². The maximum atomic E-state index is 11.3. The van der Waals surface area contributed by atoms with Crippen LogP contribution in [0.15, 0.2) is 35.4 Å². The van der Waals surface area contributed by atoms with Gasteiger partial charge in [0.25, 0.3) is 0 Å². The molecule has 1 saturated carbocycles. The van der Waals surface area contributed by atoms with E-state index in [-0.39, 0.29) is 5.41 Å². The van der Waals surface area contributed by atoms with Crippen LogP contribution in [0, 0.1) is 0 Å². The molecule has 0 heterocycles. The molecule has 0 aromatic heterocycles. The Morgan fingerprint density at radius 2 is 1.89 bits per heavy atom. The lowest BCUT2D eigenvalue weighted by Gasteiger charge is -2.43. The summed E-state index contributed by atoms with van der Waals surface area (Å²) in [5.74, 6) is 0. The average Bonchev–Trinajstić information content (AvgIpc) is 2.16. The molecule has 0 radical (unpaired) electrons. The van der Waals surface area contributed by atoms with E-state index in [1.807, 2.05) is 24.3 Å². The van der Waals surface area contributed by atoms with E-state index in [0.717, 1.165) is 31.1 Å². The van der Waals surface area contributed by atoms with Crippen LogP contribution in [0.1, 0.15) is 24.8 Å². The number of hydrogen-bond acceptors (Lipinski definition) is 3. The van der Waals surface area contributed by atoms with E-state index >= 15 is 0 Å². The van der Waals surface area contributed by atoms with Crippen molar-refractivity contribution in [2.24, 2.45) is 5.73 Å². The van der Waals surface area contributed by atoms with E-state index in [0.29, 0.717) is 10.7 Å². The van der Waals surface area contributed by atoms with Crippen molar-refractivity contribution in [3.63, 3.8) is 0 Å². The fourth-order valence-electron chi connectivity index (χ4n) is 2.39.